The number of rotatable bonds is 0. The van der Waals surface area contributed by atoms with Crippen LogP contribution in [0.15, 0.2) is 84.9 Å². The van der Waals surface area contributed by atoms with Crippen molar-refractivity contribution in [2.24, 2.45) is 0 Å². The van der Waals surface area contributed by atoms with E-state index < -0.39 is 0 Å². The van der Waals surface area contributed by atoms with E-state index in [4.69, 9.17) is 5.73 Å². The Morgan fingerprint density at radius 1 is 0.593 bits per heavy atom. The molecule has 1 heteroatoms. The largest absolute Gasteiger partial charge is 0.398 e. The van der Waals surface area contributed by atoms with Gasteiger partial charge in [-0.3, -0.25) is 0 Å². The summed E-state index contributed by atoms with van der Waals surface area (Å²) >= 11 is 0. The van der Waals surface area contributed by atoms with Crippen LogP contribution in [0.3, 0.4) is 0 Å². The topological polar surface area (TPSA) is 26.0 Å². The second kappa shape index (κ2) is 4.89. The first-order chi connectivity index (χ1) is 13.2. The van der Waals surface area contributed by atoms with Gasteiger partial charge in [0, 0.05) is 11.3 Å². The van der Waals surface area contributed by atoms with Crippen molar-refractivity contribution < 1.29 is 0 Å². The third kappa shape index (κ3) is 1.57. The molecule has 1 nitrogen and oxygen atoms in total. The maximum atomic E-state index is 6.53. The molecule has 0 aliphatic heterocycles. The standard InChI is InChI=1S/C26H19N/c1-16-8-6-11-19-24-22(14-7-15-23(24)27)26(25(16)19)20-12-4-2-9-17(20)18-10-3-5-13-21(18)26/h2-15H,27H2,1H3. The SMILES string of the molecule is Cc1cccc2c1C1(c3ccccc3-c3ccccc31)c1cccc(N)c1-2. The van der Waals surface area contributed by atoms with E-state index in [9.17, 15) is 0 Å². The number of fused-ring (bicyclic) bond motifs is 10. The summed E-state index contributed by atoms with van der Waals surface area (Å²) in [7, 11) is 0. The second-order valence-electron chi connectivity index (χ2n) is 7.61. The van der Waals surface area contributed by atoms with Gasteiger partial charge in [0.15, 0.2) is 0 Å². The average Bonchev–Trinajstić information content (AvgIpc) is 3.17. The molecule has 4 aromatic rings. The van der Waals surface area contributed by atoms with Gasteiger partial charge in [-0.05, 0) is 57.5 Å². The van der Waals surface area contributed by atoms with Crippen LogP contribution >= 0.6 is 0 Å². The Hall–Kier alpha value is -3.32. The molecule has 27 heavy (non-hydrogen) atoms. The van der Waals surface area contributed by atoms with E-state index in [-0.39, 0.29) is 5.41 Å². The summed E-state index contributed by atoms with van der Waals surface area (Å²) in [5.41, 5.74) is 19.0. The fraction of sp³-hybridized carbons (Fsp3) is 0.0769. The van der Waals surface area contributed by atoms with Crippen molar-refractivity contribution in [1.29, 1.82) is 0 Å². The molecule has 0 saturated carbocycles. The molecule has 0 bridgehead atoms. The highest BCUT2D eigenvalue weighted by atomic mass is 14.6. The van der Waals surface area contributed by atoms with Crippen molar-refractivity contribution in [2.75, 3.05) is 5.73 Å². The second-order valence-corrected chi connectivity index (χ2v) is 7.61. The van der Waals surface area contributed by atoms with Crippen LogP contribution in [0.4, 0.5) is 5.69 Å². The van der Waals surface area contributed by atoms with E-state index in [1.807, 2.05) is 6.07 Å². The van der Waals surface area contributed by atoms with E-state index in [0.29, 0.717) is 0 Å². The fourth-order valence-electron chi connectivity index (χ4n) is 5.49. The predicted octanol–water partition coefficient (Wildman–Crippen LogP) is 5.92. The first-order valence-electron chi connectivity index (χ1n) is 9.43. The van der Waals surface area contributed by atoms with Crippen LogP contribution in [0, 0.1) is 6.92 Å². The number of anilines is 1. The van der Waals surface area contributed by atoms with Crippen LogP contribution in [0.1, 0.15) is 27.8 Å². The third-order valence-electron chi connectivity index (χ3n) is 6.37. The number of aryl methyl sites for hydroxylation is 1. The lowest BCUT2D eigenvalue weighted by Crippen LogP contribution is -2.26. The fourth-order valence-corrected chi connectivity index (χ4v) is 5.49. The Morgan fingerprint density at radius 3 is 1.85 bits per heavy atom. The number of nitrogens with two attached hydrogens (primary N) is 1. The van der Waals surface area contributed by atoms with Gasteiger partial charge in [0.05, 0.1) is 5.41 Å². The van der Waals surface area contributed by atoms with Crippen molar-refractivity contribution in [2.45, 2.75) is 12.3 Å². The highest BCUT2D eigenvalue weighted by Crippen LogP contribution is 2.64. The van der Waals surface area contributed by atoms with Crippen LogP contribution in [0.5, 0.6) is 0 Å². The van der Waals surface area contributed by atoms with Gasteiger partial charge >= 0.3 is 0 Å². The van der Waals surface area contributed by atoms with Gasteiger partial charge in [-0.2, -0.15) is 0 Å². The van der Waals surface area contributed by atoms with Crippen molar-refractivity contribution in [3.8, 4) is 22.3 Å². The van der Waals surface area contributed by atoms with Gasteiger partial charge < -0.3 is 5.73 Å². The molecule has 0 amide bonds. The van der Waals surface area contributed by atoms with E-state index >= 15 is 0 Å². The van der Waals surface area contributed by atoms with Crippen molar-refractivity contribution in [3.05, 3.63) is 113 Å². The minimum atomic E-state index is -0.279. The molecule has 0 aromatic heterocycles. The highest BCUT2D eigenvalue weighted by molar-refractivity contribution is 5.98. The Bertz CT molecular complexity index is 1200. The molecule has 2 N–H and O–H groups in total. The van der Waals surface area contributed by atoms with Gasteiger partial charge in [0.2, 0.25) is 0 Å². The summed E-state index contributed by atoms with van der Waals surface area (Å²) in [5, 5.41) is 0. The Labute approximate surface area is 159 Å². The smallest absolute Gasteiger partial charge is 0.0728 e. The molecular weight excluding hydrogens is 326 g/mol. The quantitative estimate of drug-likeness (QED) is 0.340. The monoisotopic (exact) mass is 345 g/mol. The molecule has 0 fully saturated rings. The van der Waals surface area contributed by atoms with Gasteiger partial charge in [0.25, 0.3) is 0 Å². The maximum absolute atomic E-state index is 6.53. The molecule has 4 aromatic carbocycles. The van der Waals surface area contributed by atoms with Crippen LogP contribution in [-0.2, 0) is 5.41 Å². The van der Waals surface area contributed by atoms with E-state index in [1.165, 1.54) is 50.1 Å². The van der Waals surface area contributed by atoms with Crippen LogP contribution < -0.4 is 5.73 Å². The van der Waals surface area contributed by atoms with Gasteiger partial charge in [-0.15, -0.1) is 0 Å². The van der Waals surface area contributed by atoms with Gasteiger partial charge in [0.1, 0.15) is 0 Å². The summed E-state index contributed by atoms with van der Waals surface area (Å²) in [4.78, 5) is 0. The van der Waals surface area contributed by atoms with Crippen molar-refractivity contribution >= 4 is 5.69 Å². The third-order valence-corrected chi connectivity index (χ3v) is 6.37. The summed E-state index contributed by atoms with van der Waals surface area (Å²) in [6, 6.07) is 30.7. The van der Waals surface area contributed by atoms with Gasteiger partial charge in [-0.25, -0.2) is 0 Å². The summed E-state index contributed by atoms with van der Waals surface area (Å²) in [6.45, 7) is 2.23. The number of hydrogen-bond acceptors (Lipinski definition) is 1. The minimum Gasteiger partial charge on any atom is -0.398 e. The maximum Gasteiger partial charge on any atom is 0.0728 e. The molecule has 0 radical (unpaired) electrons. The van der Waals surface area contributed by atoms with Crippen LogP contribution in [-0.4, -0.2) is 0 Å². The molecule has 2 aliphatic rings. The van der Waals surface area contributed by atoms with E-state index in [2.05, 4.69) is 85.8 Å². The van der Waals surface area contributed by atoms with Crippen LogP contribution in [0.25, 0.3) is 22.3 Å². The molecule has 0 atom stereocenters. The first kappa shape index (κ1) is 14.8. The Balaban J connectivity index is 1.91. The molecule has 0 heterocycles. The van der Waals surface area contributed by atoms with E-state index in [0.717, 1.165) is 5.69 Å². The first-order valence-corrected chi connectivity index (χ1v) is 9.43. The minimum absolute atomic E-state index is 0.279. The Morgan fingerprint density at radius 2 is 1.15 bits per heavy atom. The number of nitrogen functional groups attached to an aromatic ring is 1. The van der Waals surface area contributed by atoms with E-state index in [1.54, 1.807) is 0 Å². The predicted molar refractivity (Wildman–Crippen MR) is 112 cm³/mol. The lowest BCUT2D eigenvalue weighted by atomic mass is 9.69. The zero-order valence-corrected chi connectivity index (χ0v) is 15.2. The molecule has 1 spiro atoms. The Kier molecular flexibility index (Phi) is 2.68. The number of benzene rings is 4. The molecular formula is C26H19N. The summed E-state index contributed by atoms with van der Waals surface area (Å²) < 4.78 is 0. The summed E-state index contributed by atoms with van der Waals surface area (Å²) in [6.07, 6.45) is 0. The van der Waals surface area contributed by atoms with Gasteiger partial charge in [-0.1, -0.05) is 78.9 Å². The molecule has 0 unspecified atom stereocenters. The van der Waals surface area contributed by atoms with Crippen molar-refractivity contribution in [3.63, 3.8) is 0 Å². The van der Waals surface area contributed by atoms with Crippen LogP contribution in [0.2, 0.25) is 0 Å². The average molecular weight is 345 g/mol. The molecule has 2 aliphatic carbocycles. The zero-order chi connectivity index (χ0) is 18.2. The molecule has 0 saturated heterocycles. The molecule has 6 rings (SSSR count). The highest BCUT2D eigenvalue weighted by Gasteiger charge is 2.52. The lowest BCUT2D eigenvalue weighted by Gasteiger charge is -2.31. The lowest BCUT2D eigenvalue weighted by molar-refractivity contribution is 0.786. The normalized spacial score (nSPS) is 14.6. The zero-order valence-electron chi connectivity index (χ0n) is 15.2. The molecule has 128 valence electrons. The van der Waals surface area contributed by atoms with Crippen molar-refractivity contribution in [1.82, 2.24) is 0 Å². The summed E-state index contributed by atoms with van der Waals surface area (Å²) in [5.74, 6) is 0. The number of hydrogen-bond donors (Lipinski definition) is 1.